The highest BCUT2D eigenvalue weighted by molar-refractivity contribution is 7.90. The molecule has 1 heterocycles. The van der Waals surface area contributed by atoms with E-state index in [9.17, 15) is 23.1 Å². The number of rotatable bonds is 3. The second kappa shape index (κ2) is 5.36. The van der Waals surface area contributed by atoms with Crippen LogP contribution in [0.2, 0.25) is 5.02 Å². The van der Waals surface area contributed by atoms with Crippen LogP contribution in [0, 0.1) is 0 Å². The molecule has 1 amide bonds. The molecule has 8 heteroatoms. The summed E-state index contributed by atoms with van der Waals surface area (Å²) < 4.78 is 25.7. The van der Waals surface area contributed by atoms with E-state index in [0.717, 1.165) is 0 Å². The lowest BCUT2D eigenvalue weighted by Gasteiger charge is -2.17. The predicted octanol–water partition coefficient (Wildman–Crippen LogP) is 2.38. The summed E-state index contributed by atoms with van der Waals surface area (Å²) in [6.07, 6.45) is 0. The molecule has 3 rings (SSSR count). The van der Waals surface area contributed by atoms with Crippen molar-refractivity contribution >= 4 is 33.5 Å². The number of benzene rings is 2. The minimum atomic E-state index is -4.02. The largest absolute Gasteiger partial charge is 0.478 e. The smallest absolute Gasteiger partial charge is 0.336 e. The maximum absolute atomic E-state index is 12.5. The van der Waals surface area contributed by atoms with Gasteiger partial charge in [-0.3, -0.25) is 4.79 Å². The van der Waals surface area contributed by atoms with Crippen LogP contribution >= 0.6 is 11.6 Å². The van der Waals surface area contributed by atoms with E-state index in [1.165, 1.54) is 36.4 Å². The Kier molecular flexibility index (Phi) is 3.62. The van der Waals surface area contributed by atoms with Crippen LogP contribution in [0.15, 0.2) is 47.4 Å². The number of halogens is 1. The van der Waals surface area contributed by atoms with E-state index in [4.69, 9.17) is 11.6 Å². The third-order valence-corrected chi connectivity index (χ3v) is 5.70. The number of hydrogen-bond donors (Lipinski definition) is 1. The van der Waals surface area contributed by atoms with Crippen molar-refractivity contribution in [3.63, 3.8) is 0 Å². The number of carboxylic acids is 1. The van der Waals surface area contributed by atoms with Gasteiger partial charge in [0.25, 0.3) is 15.9 Å². The molecule has 2 aromatic carbocycles. The number of carbonyl (C=O) groups excluding carboxylic acids is 1. The van der Waals surface area contributed by atoms with Gasteiger partial charge in [0.05, 0.1) is 17.7 Å². The highest BCUT2D eigenvalue weighted by Crippen LogP contribution is 2.33. The molecule has 6 nitrogen and oxygen atoms in total. The molecule has 0 aromatic heterocycles. The average molecular weight is 352 g/mol. The summed E-state index contributed by atoms with van der Waals surface area (Å²) >= 11 is 6.01. The van der Waals surface area contributed by atoms with Gasteiger partial charge in [-0.1, -0.05) is 29.8 Å². The van der Waals surface area contributed by atoms with Crippen LogP contribution in [0.1, 0.15) is 26.3 Å². The molecule has 0 spiro atoms. The Morgan fingerprint density at radius 2 is 1.83 bits per heavy atom. The molecule has 1 aliphatic rings. The van der Waals surface area contributed by atoms with Crippen molar-refractivity contribution in [2.24, 2.45) is 0 Å². The van der Waals surface area contributed by atoms with Gasteiger partial charge in [0.2, 0.25) is 0 Å². The summed E-state index contributed by atoms with van der Waals surface area (Å²) in [5.41, 5.74) is -0.000664. The number of aromatic carboxylic acids is 1. The molecule has 23 heavy (non-hydrogen) atoms. The van der Waals surface area contributed by atoms with Gasteiger partial charge in [-0.15, -0.1) is 0 Å². The van der Waals surface area contributed by atoms with Gasteiger partial charge in [-0.2, -0.15) is 0 Å². The summed E-state index contributed by atoms with van der Waals surface area (Å²) in [6.45, 7) is -0.433. The molecule has 0 saturated heterocycles. The number of carboxylic acid groups (broad SMARTS) is 1. The first kappa shape index (κ1) is 15.5. The Morgan fingerprint density at radius 1 is 1.13 bits per heavy atom. The summed E-state index contributed by atoms with van der Waals surface area (Å²) in [5.74, 6) is -1.94. The van der Waals surface area contributed by atoms with E-state index < -0.39 is 28.4 Å². The fourth-order valence-corrected chi connectivity index (χ4v) is 4.22. The molecule has 0 fully saturated rings. The Balaban J connectivity index is 2.10. The zero-order valence-electron chi connectivity index (χ0n) is 11.6. The molecule has 118 valence electrons. The first-order chi connectivity index (χ1) is 10.8. The molecule has 1 N–H and O–H groups in total. The summed E-state index contributed by atoms with van der Waals surface area (Å²) in [5, 5.41) is 9.31. The van der Waals surface area contributed by atoms with Crippen molar-refractivity contribution in [2.75, 3.05) is 0 Å². The minimum Gasteiger partial charge on any atom is -0.478 e. The maximum atomic E-state index is 12.5. The van der Waals surface area contributed by atoms with Crippen molar-refractivity contribution in [2.45, 2.75) is 11.4 Å². The topological polar surface area (TPSA) is 91.8 Å². The number of nitrogens with zero attached hydrogens (tertiary/aromatic N) is 1. The molecule has 0 radical (unpaired) electrons. The molecule has 1 aliphatic heterocycles. The van der Waals surface area contributed by atoms with Gasteiger partial charge in [-0.25, -0.2) is 17.5 Å². The van der Waals surface area contributed by atoms with Gasteiger partial charge < -0.3 is 5.11 Å². The predicted molar refractivity (Wildman–Crippen MR) is 81.9 cm³/mol. The van der Waals surface area contributed by atoms with E-state index in [2.05, 4.69) is 0 Å². The molecule has 0 atom stereocenters. The molecule has 0 saturated carbocycles. The summed E-state index contributed by atoms with van der Waals surface area (Å²) in [7, 11) is -4.02. The highest BCUT2D eigenvalue weighted by atomic mass is 35.5. The van der Waals surface area contributed by atoms with Crippen LogP contribution in [-0.4, -0.2) is 29.7 Å². The summed E-state index contributed by atoms with van der Waals surface area (Å²) in [6, 6.07) is 10.0. The maximum Gasteiger partial charge on any atom is 0.336 e. The molecule has 2 aromatic rings. The molecule has 0 bridgehead atoms. The molecule has 0 aliphatic carbocycles. The molecule has 0 unspecified atom stereocenters. The second-order valence-electron chi connectivity index (χ2n) is 4.88. The molecular weight excluding hydrogens is 342 g/mol. The second-order valence-corrected chi connectivity index (χ2v) is 7.12. The first-order valence-electron chi connectivity index (χ1n) is 6.51. The quantitative estimate of drug-likeness (QED) is 0.916. The van der Waals surface area contributed by atoms with E-state index in [1.54, 1.807) is 6.07 Å². The van der Waals surface area contributed by atoms with Crippen LogP contribution in [0.4, 0.5) is 0 Å². The van der Waals surface area contributed by atoms with E-state index in [1.807, 2.05) is 0 Å². The standard InChI is InChI=1S/C15H10ClNO5S/c16-12-6-3-5-9(15(19)20)11(12)8-17-14(18)10-4-1-2-7-13(10)23(17,21)22/h1-7H,8H2,(H,19,20). The lowest BCUT2D eigenvalue weighted by Crippen LogP contribution is -2.30. The highest BCUT2D eigenvalue weighted by Gasteiger charge is 2.41. The van der Waals surface area contributed by atoms with E-state index in [-0.39, 0.29) is 26.6 Å². The zero-order chi connectivity index (χ0) is 16.8. The first-order valence-corrected chi connectivity index (χ1v) is 8.32. The monoisotopic (exact) mass is 351 g/mol. The Morgan fingerprint density at radius 3 is 2.48 bits per heavy atom. The van der Waals surface area contributed by atoms with E-state index >= 15 is 0 Å². The van der Waals surface area contributed by atoms with Crippen LogP contribution in [0.5, 0.6) is 0 Å². The Hall–Kier alpha value is -2.38. The number of amides is 1. The zero-order valence-corrected chi connectivity index (χ0v) is 13.1. The normalized spacial score (nSPS) is 15.5. The van der Waals surface area contributed by atoms with Crippen molar-refractivity contribution in [1.29, 1.82) is 0 Å². The minimum absolute atomic E-state index is 0.0661. The Bertz CT molecular complexity index is 939. The number of fused-ring (bicyclic) bond motifs is 1. The fraction of sp³-hybridized carbons (Fsp3) is 0.0667. The SMILES string of the molecule is O=C(O)c1cccc(Cl)c1CN1C(=O)c2ccccc2S1(=O)=O. The summed E-state index contributed by atoms with van der Waals surface area (Å²) in [4.78, 5) is 23.6. The van der Waals surface area contributed by atoms with Gasteiger partial charge in [0.15, 0.2) is 0 Å². The van der Waals surface area contributed by atoms with Crippen LogP contribution in [-0.2, 0) is 16.6 Å². The van der Waals surface area contributed by atoms with Crippen molar-refractivity contribution in [3.05, 3.63) is 64.2 Å². The van der Waals surface area contributed by atoms with Gasteiger partial charge >= 0.3 is 5.97 Å². The van der Waals surface area contributed by atoms with Crippen molar-refractivity contribution in [3.8, 4) is 0 Å². The molecular formula is C15H10ClNO5S. The lowest BCUT2D eigenvalue weighted by atomic mass is 10.1. The van der Waals surface area contributed by atoms with Crippen molar-refractivity contribution < 1.29 is 23.1 Å². The van der Waals surface area contributed by atoms with E-state index in [0.29, 0.717) is 4.31 Å². The van der Waals surface area contributed by atoms with Crippen LogP contribution in [0.25, 0.3) is 0 Å². The third kappa shape index (κ3) is 2.38. The van der Waals surface area contributed by atoms with Crippen LogP contribution in [0.3, 0.4) is 0 Å². The lowest BCUT2D eigenvalue weighted by molar-refractivity contribution is 0.0692. The van der Waals surface area contributed by atoms with Gasteiger partial charge in [-0.05, 0) is 24.3 Å². The van der Waals surface area contributed by atoms with Crippen LogP contribution < -0.4 is 0 Å². The fourth-order valence-electron chi connectivity index (χ4n) is 2.45. The number of sulfonamides is 1. The number of carbonyl (C=O) groups is 2. The van der Waals surface area contributed by atoms with Gasteiger partial charge in [0.1, 0.15) is 4.90 Å². The van der Waals surface area contributed by atoms with Crippen molar-refractivity contribution in [1.82, 2.24) is 4.31 Å². The number of hydrogen-bond acceptors (Lipinski definition) is 4. The van der Waals surface area contributed by atoms with Gasteiger partial charge in [0, 0.05) is 10.6 Å². The third-order valence-electron chi connectivity index (χ3n) is 3.56. The Labute approximate surface area is 137 Å². The average Bonchev–Trinajstić information content (AvgIpc) is 2.70.